The number of carbonyl (C=O) groups is 1. The van der Waals surface area contributed by atoms with Crippen molar-refractivity contribution in [2.45, 2.75) is 32.0 Å². The van der Waals surface area contributed by atoms with Gasteiger partial charge in [0.25, 0.3) is 0 Å². The van der Waals surface area contributed by atoms with Gasteiger partial charge in [0.05, 0.1) is 12.7 Å². The minimum Gasteiger partial charge on any atom is -0.464 e. The van der Waals surface area contributed by atoms with Crippen molar-refractivity contribution in [1.82, 2.24) is 0 Å². The summed E-state index contributed by atoms with van der Waals surface area (Å²) in [4.78, 5) is 11.3. The lowest BCUT2D eigenvalue weighted by Crippen LogP contribution is -2.13. The van der Waals surface area contributed by atoms with E-state index in [2.05, 4.69) is 24.3 Å². The first-order valence-corrected chi connectivity index (χ1v) is 6.35. The van der Waals surface area contributed by atoms with Gasteiger partial charge in [-0.15, -0.1) is 0 Å². The summed E-state index contributed by atoms with van der Waals surface area (Å²) in [6.45, 7) is 2.22. The molecule has 0 bridgehead atoms. The van der Waals surface area contributed by atoms with E-state index in [1.54, 1.807) is 6.92 Å². The maximum atomic E-state index is 11.3. The van der Waals surface area contributed by atoms with Gasteiger partial charge in [-0.05, 0) is 25.3 Å². The van der Waals surface area contributed by atoms with Crippen LogP contribution in [0.1, 0.15) is 25.3 Å². The van der Waals surface area contributed by atoms with Gasteiger partial charge in [0.1, 0.15) is 0 Å². The van der Waals surface area contributed by atoms with Gasteiger partial charge < -0.3 is 9.47 Å². The second kappa shape index (κ2) is 6.36. The molecule has 3 heteroatoms. The summed E-state index contributed by atoms with van der Waals surface area (Å²) in [5, 5.41) is 0. The highest BCUT2D eigenvalue weighted by atomic mass is 16.6. The molecule has 0 radical (unpaired) electrons. The Morgan fingerprint density at radius 1 is 1.39 bits per heavy atom. The van der Waals surface area contributed by atoms with Crippen LogP contribution < -0.4 is 0 Å². The average molecular weight is 246 g/mol. The van der Waals surface area contributed by atoms with Crippen LogP contribution in [0.15, 0.2) is 36.4 Å². The first kappa shape index (κ1) is 12.8. The molecule has 1 aromatic rings. The van der Waals surface area contributed by atoms with Crippen molar-refractivity contribution in [1.29, 1.82) is 0 Å². The van der Waals surface area contributed by atoms with Crippen LogP contribution in [0.2, 0.25) is 0 Å². The lowest BCUT2D eigenvalue weighted by Gasteiger charge is -1.96. The van der Waals surface area contributed by atoms with Crippen molar-refractivity contribution in [2.75, 3.05) is 6.61 Å². The SMILES string of the molecule is CCOC(=O)[C@@H]1O[C@H]1CC/C=C\c1ccccc1. The molecule has 1 fully saturated rings. The number of carbonyl (C=O) groups excluding carboxylic acids is 1. The van der Waals surface area contributed by atoms with Crippen LogP contribution in [0.5, 0.6) is 0 Å². The zero-order valence-corrected chi connectivity index (χ0v) is 10.5. The van der Waals surface area contributed by atoms with Crippen LogP contribution in [0.3, 0.4) is 0 Å². The molecule has 0 unspecified atom stereocenters. The maximum absolute atomic E-state index is 11.3. The van der Waals surface area contributed by atoms with Crippen LogP contribution in [-0.4, -0.2) is 24.8 Å². The molecule has 0 amide bonds. The van der Waals surface area contributed by atoms with Crippen LogP contribution in [0, 0.1) is 0 Å². The van der Waals surface area contributed by atoms with E-state index in [1.165, 1.54) is 5.56 Å². The second-order valence-electron chi connectivity index (χ2n) is 4.24. The highest BCUT2D eigenvalue weighted by Crippen LogP contribution is 2.27. The molecule has 0 saturated carbocycles. The number of ether oxygens (including phenoxy) is 2. The third kappa shape index (κ3) is 3.70. The number of esters is 1. The average Bonchev–Trinajstić information content (AvgIpc) is 3.16. The van der Waals surface area contributed by atoms with Gasteiger partial charge in [0.2, 0.25) is 0 Å². The van der Waals surface area contributed by atoms with E-state index in [0.717, 1.165) is 12.8 Å². The molecule has 3 nitrogen and oxygen atoms in total. The summed E-state index contributed by atoms with van der Waals surface area (Å²) in [6, 6.07) is 10.2. The number of hydrogen-bond donors (Lipinski definition) is 0. The molecular weight excluding hydrogens is 228 g/mol. The van der Waals surface area contributed by atoms with E-state index >= 15 is 0 Å². The van der Waals surface area contributed by atoms with E-state index in [-0.39, 0.29) is 18.2 Å². The van der Waals surface area contributed by atoms with Crippen LogP contribution in [0.4, 0.5) is 0 Å². The first-order chi connectivity index (χ1) is 8.81. The predicted octanol–water partition coefficient (Wildman–Crippen LogP) is 2.81. The zero-order valence-electron chi connectivity index (χ0n) is 10.5. The third-order valence-electron chi connectivity index (χ3n) is 2.83. The zero-order chi connectivity index (χ0) is 12.8. The summed E-state index contributed by atoms with van der Waals surface area (Å²) in [7, 11) is 0. The summed E-state index contributed by atoms with van der Waals surface area (Å²) in [5.74, 6) is -0.227. The highest BCUT2D eigenvalue weighted by molar-refractivity contribution is 5.77. The summed E-state index contributed by atoms with van der Waals surface area (Å²) >= 11 is 0. The van der Waals surface area contributed by atoms with E-state index in [1.807, 2.05) is 18.2 Å². The topological polar surface area (TPSA) is 38.8 Å². The minimum absolute atomic E-state index is 0.0458. The molecule has 18 heavy (non-hydrogen) atoms. The number of benzene rings is 1. The fourth-order valence-electron chi connectivity index (χ4n) is 1.84. The molecule has 1 aliphatic heterocycles. The number of hydrogen-bond acceptors (Lipinski definition) is 3. The van der Waals surface area contributed by atoms with Gasteiger partial charge >= 0.3 is 5.97 Å². The monoisotopic (exact) mass is 246 g/mol. The van der Waals surface area contributed by atoms with Gasteiger partial charge in [0, 0.05) is 0 Å². The minimum atomic E-state index is -0.324. The van der Waals surface area contributed by atoms with Crippen molar-refractivity contribution in [3.05, 3.63) is 42.0 Å². The summed E-state index contributed by atoms with van der Waals surface area (Å²) in [5.41, 5.74) is 1.19. The molecule has 2 rings (SSSR count). The van der Waals surface area contributed by atoms with Crippen LogP contribution in [0.25, 0.3) is 6.08 Å². The Balaban J connectivity index is 1.66. The normalized spacial score (nSPS) is 22.1. The molecule has 1 saturated heterocycles. The molecule has 0 spiro atoms. The van der Waals surface area contributed by atoms with Gasteiger partial charge in [-0.25, -0.2) is 4.79 Å². The third-order valence-corrected chi connectivity index (χ3v) is 2.83. The van der Waals surface area contributed by atoms with Gasteiger partial charge in [-0.1, -0.05) is 42.5 Å². The van der Waals surface area contributed by atoms with Crippen molar-refractivity contribution >= 4 is 12.0 Å². The van der Waals surface area contributed by atoms with E-state index < -0.39 is 0 Å². The fraction of sp³-hybridized carbons (Fsp3) is 0.400. The Hall–Kier alpha value is -1.61. The van der Waals surface area contributed by atoms with Crippen molar-refractivity contribution in [2.24, 2.45) is 0 Å². The highest BCUT2D eigenvalue weighted by Gasteiger charge is 2.45. The molecule has 0 N–H and O–H groups in total. The lowest BCUT2D eigenvalue weighted by atomic mass is 10.1. The fourth-order valence-corrected chi connectivity index (χ4v) is 1.84. The quantitative estimate of drug-likeness (QED) is 0.572. The molecule has 1 aromatic carbocycles. The first-order valence-electron chi connectivity index (χ1n) is 6.35. The second-order valence-corrected chi connectivity index (χ2v) is 4.24. The maximum Gasteiger partial charge on any atom is 0.337 e. The molecule has 96 valence electrons. The van der Waals surface area contributed by atoms with Gasteiger partial charge in [-0.3, -0.25) is 0 Å². The smallest absolute Gasteiger partial charge is 0.337 e. The largest absolute Gasteiger partial charge is 0.464 e. The Kier molecular flexibility index (Phi) is 4.53. The van der Waals surface area contributed by atoms with E-state index in [0.29, 0.717) is 6.61 Å². The van der Waals surface area contributed by atoms with Crippen molar-refractivity contribution in [3.63, 3.8) is 0 Å². The lowest BCUT2D eigenvalue weighted by molar-refractivity contribution is -0.144. The number of rotatable bonds is 6. The molecule has 1 aliphatic rings. The summed E-state index contributed by atoms with van der Waals surface area (Å²) < 4.78 is 10.2. The molecule has 1 heterocycles. The number of allylic oxidation sites excluding steroid dienone is 1. The Morgan fingerprint density at radius 3 is 2.89 bits per heavy atom. The standard InChI is InChI=1S/C15H18O3/c1-2-17-15(16)14-13(18-14)11-7-6-10-12-8-4-3-5-9-12/h3-6,8-10,13-14H,2,7,11H2,1H3/b10-6-/t13-,14+/m0/s1. The molecule has 0 aromatic heterocycles. The van der Waals surface area contributed by atoms with Crippen molar-refractivity contribution in [3.8, 4) is 0 Å². The summed E-state index contributed by atoms with van der Waals surface area (Å²) in [6.07, 6.45) is 5.70. The van der Waals surface area contributed by atoms with Crippen LogP contribution >= 0.6 is 0 Å². The Labute approximate surface area is 107 Å². The van der Waals surface area contributed by atoms with Gasteiger partial charge in [0.15, 0.2) is 6.10 Å². The molecule has 2 atom stereocenters. The van der Waals surface area contributed by atoms with Crippen LogP contribution in [-0.2, 0) is 14.3 Å². The molecule has 0 aliphatic carbocycles. The number of epoxide rings is 1. The Morgan fingerprint density at radius 2 is 2.17 bits per heavy atom. The predicted molar refractivity (Wildman–Crippen MR) is 70.0 cm³/mol. The van der Waals surface area contributed by atoms with E-state index in [9.17, 15) is 4.79 Å². The van der Waals surface area contributed by atoms with E-state index in [4.69, 9.17) is 9.47 Å². The Bertz CT molecular complexity index is 411. The molecular formula is C15H18O3. The van der Waals surface area contributed by atoms with Crippen molar-refractivity contribution < 1.29 is 14.3 Å². The van der Waals surface area contributed by atoms with Gasteiger partial charge in [-0.2, -0.15) is 0 Å².